The Bertz CT molecular complexity index is 1380. The molecule has 1 aromatic carbocycles. The van der Waals surface area contributed by atoms with Crippen LogP contribution in [0, 0.1) is 0 Å². The number of amides is 2. The number of hydrogen-bond acceptors (Lipinski definition) is 9. The normalized spacial score (nSPS) is 21.2. The van der Waals surface area contributed by atoms with Crippen LogP contribution in [-0.2, 0) is 15.7 Å². The van der Waals surface area contributed by atoms with Crippen molar-refractivity contribution in [2.24, 2.45) is 15.8 Å². The van der Waals surface area contributed by atoms with Gasteiger partial charge in [0.05, 0.1) is 24.5 Å². The predicted octanol–water partition coefficient (Wildman–Crippen LogP) is 3.00. The molecule has 40 heavy (non-hydrogen) atoms. The van der Waals surface area contributed by atoms with E-state index in [-0.39, 0.29) is 11.6 Å². The molecule has 11 nitrogen and oxygen atoms in total. The third kappa shape index (κ3) is 5.67. The number of nitrogens with two attached hydrogens (primary N) is 1. The van der Waals surface area contributed by atoms with Crippen molar-refractivity contribution in [3.8, 4) is 0 Å². The number of aromatic nitrogens is 1. The maximum absolute atomic E-state index is 13.0. The highest BCUT2D eigenvalue weighted by atomic mass is 19.4. The number of nitrogens with one attached hydrogen (secondary N) is 2. The van der Waals surface area contributed by atoms with Gasteiger partial charge in [0.2, 0.25) is 0 Å². The Labute approximate surface area is 227 Å². The number of pyridine rings is 1. The van der Waals surface area contributed by atoms with Crippen molar-refractivity contribution in [1.29, 1.82) is 0 Å². The molecule has 1 aromatic heterocycles. The molecule has 2 atom stereocenters. The van der Waals surface area contributed by atoms with Gasteiger partial charge in [0, 0.05) is 43.0 Å². The Morgan fingerprint density at radius 3 is 2.52 bits per heavy atom. The number of anilines is 2. The Morgan fingerprint density at radius 2 is 1.85 bits per heavy atom. The highest BCUT2D eigenvalue weighted by molar-refractivity contribution is 6.02. The van der Waals surface area contributed by atoms with Gasteiger partial charge in [-0.1, -0.05) is 12.1 Å². The number of amidine groups is 1. The van der Waals surface area contributed by atoms with Crippen LogP contribution in [-0.4, -0.2) is 77.8 Å². The molecule has 0 spiro atoms. The maximum Gasteiger partial charge on any atom is 0.416 e. The van der Waals surface area contributed by atoms with Gasteiger partial charge >= 0.3 is 12.2 Å². The summed E-state index contributed by atoms with van der Waals surface area (Å²) in [6, 6.07) is 7.09. The molecule has 4 N–H and O–H groups in total. The number of nitrogens with zero attached hydrogens (tertiary/aromatic N) is 5. The number of urea groups is 1. The molecule has 5 rings (SSSR count). The van der Waals surface area contributed by atoms with Crippen molar-refractivity contribution in [3.05, 3.63) is 65.0 Å². The van der Waals surface area contributed by atoms with E-state index in [1.807, 2.05) is 0 Å². The van der Waals surface area contributed by atoms with Gasteiger partial charge in [-0.3, -0.25) is 20.0 Å². The van der Waals surface area contributed by atoms with Crippen molar-refractivity contribution in [2.75, 3.05) is 43.5 Å². The molecule has 14 heteroatoms. The maximum atomic E-state index is 13.0. The molecule has 0 saturated carbocycles. The summed E-state index contributed by atoms with van der Waals surface area (Å²) in [5.41, 5.74) is 7.88. The van der Waals surface area contributed by atoms with Crippen LogP contribution in [0.5, 0.6) is 0 Å². The van der Waals surface area contributed by atoms with Crippen molar-refractivity contribution in [2.45, 2.75) is 25.1 Å². The van der Waals surface area contributed by atoms with Crippen LogP contribution in [0.25, 0.3) is 0 Å². The number of rotatable bonds is 6. The molecule has 1 fully saturated rings. The zero-order valence-electron chi connectivity index (χ0n) is 21.5. The van der Waals surface area contributed by atoms with Crippen LogP contribution in [0.3, 0.4) is 0 Å². The van der Waals surface area contributed by atoms with Crippen LogP contribution in [0.2, 0.25) is 0 Å². The van der Waals surface area contributed by atoms with E-state index in [0.29, 0.717) is 36.9 Å². The lowest BCUT2D eigenvalue weighted by molar-refractivity contribution is -0.137. The lowest BCUT2D eigenvalue weighted by atomic mass is 9.84. The number of alkyl halides is 3. The highest BCUT2D eigenvalue weighted by Crippen LogP contribution is 2.43. The minimum Gasteiger partial charge on any atom is -0.385 e. The molecule has 2 aromatic rings. The van der Waals surface area contributed by atoms with Crippen LogP contribution in [0.4, 0.5) is 29.5 Å². The number of hydrazone groups is 1. The summed E-state index contributed by atoms with van der Waals surface area (Å²) in [6.45, 7) is 4.67. The van der Waals surface area contributed by atoms with Gasteiger partial charge in [-0.15, -0.1) is 0 Å². The van der Waals surface area contributed by atoms with Crippen LogP contribution in [0.1, 0.15) is 24.0 Å². The Morgan fingerprint density at radius 1 is 1.12 bits per heavy atom. The quantitative estimate of drug-likeness (QED) is 0.498. The fourth-order valence-corrected chi connectivity index (χ4v) is 5.06. The first-order chi connectivity index (χ1) is 19.1. The topological polar surface area (TPSA) is 138 Å². The smallest absolute Gasteiger partial charge is 0.385 e. The summed E-state index contributed by atoms with van der Waals surface area (Å²) >= 11 is 0. The number of morpholine rings is 1. The van der Waals surface area contributed by atoms with Crippen LogP contribution >= 0.6 is 0 Å². The summed E-state index contributed by atoms with van der Waals surface area (Å²) in [5, 5.41) is 11.1. The lowest BCUT2D eigenvalue weighted by Gasteiger charge is -2.32. The van der Waals surface area contributed by atoms with Gasteiger partial charge in [-0.05, 0) is 36.8 Å². The summed E-state index contributed by atoms with van der Waals surface area (Å²) < 4.78 is 44.3. The summed E-state index contributed by atoms with van der Waals surface area (Å²) in [5.74, 6) is -0.481. The van der Waals surface area contributed by atoms with E-state index >= 15 is 0 Å². The predicted molar refractivity (Wildman–Crippen MR) is 142 cm³/mol. The number of benzene rings is 1. The van der Waals surface area contributed by atoms with E-state index in [2.05, 4.69) is 30.6 Å². The molecular weight excluding hydrogens is 529 g/mol. The summed E-state index contributed by atoms with van der Waals surface area (Å²) in [4.78, 5) is 35.6. The summed E-state index contributed by atoms with van der Waals surface area (Å²) in [7, 11) is 0. The number of carbonyl (C=O) groups is 2. The monoisotopic (exact) mass is 556 g/mol. The first-order valence-corrected chi connectivity index (χ1v) is 12.5. The van der Waals surface area contributed by atoms with Crippen molar-refractivity contribution in [1.82, 2.24) is 14.9 Å². The first-order valence-electron chi connectivity index (χ1n) is 12.5. The molecule has 4 heterocycles. The number of aliphatic imine (C=N–C) groups is 1. The molecule has 0 bridgehead atoms. The Balaban J connectivity index is 1.36. The summed E-state index contributed by atoms with van der Waals surface area (Å²) in [6.07, 6.45) is -2.22. The Hall–Kier alpha value is -4.30. The molecule has 2 amide bonds. The van der Waals surface area contributed by atoms with E-state index in [1.54, 1.807) is 29.3 Å². The standard InChI is InChI=1S/C26H27F3N8O3/c1-15(38)21-19(13-36-8-10-40-11-9-36)37-23(24(30)32-14-33-37)22(21)16-2-4-18(5-3-16)34-25(39)35-20-12-17(6-7-31-20)26(27,28)29/h2-7,12,14,22-23H,8-11,13H2,1H3,(H2,30,32,33)(H2,31,34,35,39). The van der Waals surface area contributed by atoms with E-state index in [9.17, 15) is 22.8 Å². The highest BCUT2D eigenvalue weighted by Gasteiger charge is 2.46. The SMILES string of the molecule is CC(=O)C1=C(CN2CCOCC2)N2N=CN=C(N)C2C1c1ccc(NC(=O)Nc2cc(C(F)(F)F)ccn2)cc1. The zero-order chi connectivity index (χ0) is 28.4. The van der Waals surface area contributed by atoms with E-state index in [1.165, 1.54) is 13.3 Å². The van der Waals surface area contributed by atoms with Crippen molar-refractivity contribution < 1.29 is 27.5 Å². The molecule has 0 aliphatic carbocycles. The second-order valence-corrected chi connectivity index (χ2v) is 9.49. The lowest BCUT2D eigenvalue weighted by Crippen LogP contribution is -2.46. The molecule has 210 valence electrons. The third-order valence-corrected chi connectivity index (χ3v) is 6.88. The molecule has 0 radical (unpaired) electrons. The molecular formula is C26H27F3N8O3. The largest absolute Gasteiger partial charge is 0.416 e. The Kier molecular flexibility index (Phi) is 7.54. The van der Waals surface area contributed by atoms with E-state index in [4.69, 9.17) is 10.5 Å². The molecule has 2 unspecified atom stereocenters. The van der Waals surface area contributed by atoms with Gasteiger partial charge < -0.3 is 15.8 Å². The molecule has 1 saturated heterocycles. The fourth-order valence-electron chi connectivity index (χ4n) is 5.06. The molecule has 3 aliphatic rings. The van der Waals surface area contributed by atoms with E-state index in [0.717, 1.165) is 42.7 Å². The third-order valence-electron chi connectivity index (χ3n) is 6.88. The van der Waals surface area contributed by atoms with Gasteiger partial charge in [0.15, 0.2) is 5.78 Å². The number of hydrogen-bond donors (Lipinski definition) is 3. The van der Waals surface area contributed by atoms with Crippen molar-refractivity contribution >= 4 is 35.5 Å². The minimum absolute atomic E-state index is 0.110. The zero-order valence-corrected chi connectivity index (χ0v) is 21.5. The van der Waals surface area contributed by atoms with Gasteiger partial charge in [0.25, 0.3) is 0 Å². The minimum atomic E-state index is -4.56. The fraction of sp³-hybridized carbons (Fsp3) is 0.346. The average molecular weight is 557 g/mol. The van der Waals surface area contributed by atoms with Gasteiger partial charge in [-0.2, -0.15) is 18.3 Å². The molecule has 3 aliphatic heterocycles. The van der Waals surface area contributed by atoms with Crippen LogP contribution < -0.4 is 16.4 Å². The number of fused-ring (bicyclic) bond motifs is 1. The number of carbonyl (C=O) groups excluding carboxylic acids is 2. The second kappa shape index (κ2) is 11.1. The van der Waals surface area contributed by atoms with Crippen LogP contribution in [0.15, 0.2) is 64.0 Å². The second-order valence-electron chi connectivity index (χ2n) is 9.49. The number of ketones is 1. The number of Topliss-reactive ketones (excluding diaryl/α,β-unsaturated/α-hetero) is 1. The van der Waals surface area contributed by atoms with Gasteiger partial charge in [-0.25, -0.2) is 14.8 Å². The van der Waals surface area contributed by atoms with Crippen molar-refractivity contribution in [3.63, 3.8) is 0 Å². The number of ether oxygens (including phenoxy) is 1. The van der Waals surface area contributed by atoms with E-state index < -0.39 is 29.7 Å². The number of halogens is 3. The first kappa shape index (κ1) is 27.3. The average Bonchev–Trinajstić information content (AvgIpc) is 3.25. The van der Waals surface area contributed by atoms with Gasteiger partial charge in [0.1, 0.15) is 24.0 Å².